The molecule has 1 heterocycles. The number of carbonyl (C=O) groups excluding carboxylic acids is 4. The lowest BCUT2D eigenvalue weighted by Crippen LogP contribution is -2.18. The highest BCUT2D eigenvalue weighted by molar-refractivity contribution is 7.74. The molecule has 0 saturated carbocycles. The molecule has 0 N–H and O–H groups in total. The number of ether oxygens (including phenoxy) is 4. The van der Waals surface area contributed by atoms with Gasteiger partial charge in [-0.25, -0.2) is 19.2 Å². The van der Waals surface area contributed by atoms with Gasteiger partial charge in [-0.15, -0.1) is 0 Å². The van der Waals surface area contributed by atoms with Crippen molar-refractivity contribution < 1.29 is 42.7 Å². The highest BCUT2D eigenvalue weighted by Crippen LogP contribution is 2.66. The summed E-state index contributed by atoms with van der Waals surface area (Å²) in [6.45, 7) is 1.05. The summed E-state index contributed by atoms with van der Waals surface area (Å²) in [5.41, 5.74) is -1.25. The number of rotatable bonds is 4. The third-order valence-electron chi connectivity index (χ3n) is 3.11. The second-order valence-electron chi connectivity index (χ2n) is 4.34. The van der Waals surface area contributed by atoms with Crippen molar-refractivity contribution in [2.45, 2.75) is 0 Å². The maximum Gasteiger partial charge on any atom is 0.342 e. The van der Waals surface area contributed by atoms with E-state index >= 15 is 0 Å². The molecule has 0 fully saturated rings. The molecule has 0 saturated heterocycles. The molecule has 0 aromatic carbocycles. The molecule has 0 unspecified atom stereocenters. The van der Waals surface area contributed by atoms with E-state index < -0.39 is 52.8 Å². The molecule has 0 aromatic heterocycles. The van der Waals surface area contributed by atoms with Crippen LogP contribution in [-0.2, 0) is 42.7 Å². The minimum atomic E-state index is -3.95. The van der Waals surface area contributed by atoms with Gasteiger partial charge in [0.05, 0.1) is 39.6 Å². The summed E-state index contributed by atoms with van der Waals surface area (Å²) < 4.78 is 31.1. The van der Waals surface area contributed by atoms with Crippen molar-refractivity contribution in [1.82, 2.24) is 0 Å². The quantitative estimate of drug-likeness (QED) is 0.399. The van der Waals surface area contributed by atoms with Crippen molar-refractivity contribution in [3.8, 4) is 0 Å². The first-order valence-electron chi connectivity index (χ1n) is 6.09. The summed E-state index contributed by atoms with van der Waals surface area (Å²) >= 11 is 0. The molecule has 1 aliphatic rings. The average molecular weight is 346 g/mol. The largest absolute Gasteiger partial charge is 0.465 e. The van der Waals surface area contributed by atoms with Crippen LogP contribution >= 0.6 is 7.14 Å². The summed E-state index contributed by atoms with van der Waals surface area (Å²) in [4.78, 5) is 48.0. The van der Waals surface area contributed by atoms with E-state index in [0.717, 1.165) is 35.1 Å². The zero-order valence-electron chi connectivity index (χ0n) is 13.1. The number of hydrogen-bond acceptors (Lipinski definition) is 9. The van der Waals surface area contributed by atoms with Gasteiger partial charge in [-0.1, -0.05) is 0 Å². The van der Waals surface area contributed by atoms with Crippen LogP contribution in [0.4, 0.5) is 0 Å². The summed E-state index contributed by atoms with van der Waals surface area (Å²) in [6, 6.07) is 0. The van der Waals surface area contributed by atoms with Crippen molar-refractivity contribution in [2.24, 2.45) is 0 Å². The van der Waals surface area contributed by atoms with Crippen LogP contribution < -0.4 is 0 Å². The Hall–Kier alpha value is -2.41. The predicted molar refractivity (Wildman–Crippen MR) is 75.6 cm³/mol. The first-order chi connectivity index (χ1) is 10.7. The van der Waals surface area contributed by atoms with Crippen LogP contribution in [0, 0.1) is 0 Å². The van der Waals surface area contributed by atoms with E-state index in [4.69, 9.17) is 0 Å². The van der Waals surface area contributed by atoms with Crippen LogP contribution in [0.25, 0.3) is 0 Å². The molecule has 0 aliphatic carbocycles. The molecule has 9 nitrogen and oxygen atoms in total. The minimum absolute atomic E-state index is 0.618. The van der Waals surface area contributed by atoms with Gasteiger partial charge in [0.15, 0.2) is 7.14 Å². The second kappa shape index (κ2) is 6.78. The van der Waals surface area contributed by atoms with Crippen molar-refractivity contribution in [3.63, 3.8) is 0 Å². The topological polar surface area (TPSA) is 122 Å². The first kappa shape index (κ1) is 18.6. The normalized spacial score (nSPS) is 16.0. The van der Waals surface area contributed by atoms with Gasteiger partial charge in [-0.3, -0.25) is 0 Å². The van der Waals surface area contributed by atoms with Crippen molar-refractivity contribution >= 4 is 31.0 Å². The highest BCUT2D eigenvalue weighted by Gasteiger charge is 2.52. The fourth-order valence-corrected chi connectivity index (χ4v) is 4.49. The molecular formula is C13H15O9P. The molecule has 23 heavy (non-hydrogen) atoms. The van der Waals surface area contributed by atoms with E-state index in [9.17, 15) is 23.7 Å². The fourth-order valence-electron chi connectivity index (χ4n) is 2.12. The van der Waals surface area contributed by atoms with Crippen molar-refractivity contribution in [3.05, 3.63) is 21.8 Å². The van der Waals surface area contributed by atoms with Gasteiger partial charge in [-0.2, -0.15) is 0 Å². The van der Waals surface area contributed by atoms with Crippen molar-refractivity contribution in [1.29, 1.82) is 0 Å². The molecule has 1 rings (SSSR count). The first-order valence-corrected chi connectivity index (χ1v) is 8.25. The molecule has 0 aromatic rings. The summed E-state index contributed by atoms with van der Waals surface area (Å²) in [6.07, 6.45) is 0. The number of methoxy groups -OCH3 is 4. The third kappa shape index (κ3) is 2.92. The van der Waals surface area contributed by atoms with E-state index in [0.29, 0.717) is 0 Å². The number of carbonyl (C=O) groups is 4. The smallest absolute Gasteiger partial charge is 0.342 e. The molecule has 0 bridgehead atoms. The molecular weight excluding hydrogens is 331 g/mol. The van der Waals surface area contributed by atoms with Crippen LogP contribution in [0.15, 0.2) is 21.8 Å². The maximum atomic E-state index is 13.0. The van der Waals surface area contributed by atoms with Crippen LogP contribution in [0.1, 0.15) is 0 Å². The van der Waals surface area contributed by atoms with Gasteiger partial charge >= 0.3 is 23.9 Å². The Morgan fingerprint density at radius 2 is 0.913 bits per heavy atom. The Kier molecular flexibility index (Phi) is 5.50. The number of esters is 4. The van der Waals surface area contributed by atoms with E-state index in [1.54, 1.807) is 0 Å². The maximum absolute atomic E-state index is 13.0. The summed E-state index contributed by atoms with van der Waals surface area (Å²) in [7, 11) is 0.0415. The Morgan fingerprint density at radius 1 is 0.652 bits per heavy atom. The van der Waals surface area contributed by atoms with Gasteiger partial charge in [0.25, 0.3) is 0 Å². The molecule has 0 amide bonds. The molecule has 1 aliphatic heterocycles. The van der Waals surface area contributed by atoms with Crippen LogP contribution in [0.3, 0.4) is 0 Å². The minimum Gasteiger partial charge on any atom is -0.465 e. The van der Waals surface area contributed by atoms with Gasteiger partial charge < -0.3 is 23.5 Å². The highest BCUT2D eigenvalue weighted by atomic mass is 31.2. The lowest BCUT2D eigenvalue weighted by Gasteiger charge is -2.12. The van der Waals surface area contributed by atoms with E-state index in [1.165, 1.54) is 0 Å². The zero-order valence-corrected chi connectivity index (χ0v) is 14.0. The van der Waals surface area contributed by atoms with Crippen LogP contribution in [-0.4, -0.2) is 59.0 Å². The number of hydrogen-bond donors (Lipinski definition) is 0. The molecule has 0 atom stereocenters. The fraction of sp³-hybridized carbons (Fsp3) is 0.385. The van der Waals surface area contributed by atoms with Gasteiger partial charge in [0.2, 0.25) is 0 Å². The second-order valence-corrected chi connectivity index (χ2v) is 7.08. The van der Waals surface area contributed by atoms with E-state index in [1.807, 2.05) is 0 Å². The van der Waals surface area contributed by atoms with Gasteiger partial charge in [-0.05, 0) is 6.66 Å². The van der Waals surface area contributed by atoms with Gasteiger partial charge in [0, 0.05) is 0 Å². The Morgan fingerprint density at radius 3 is 1.13 bits per heavy atom. The molecule has 0 spiro atoms. The lowest BCUT2D eigenvalue weighted by molar-refractivity contribution is -0.140. The summed E-state index contributed by atoms with van der Waals surface area (Å²) in [5, 5.41) is -1.24. The standard InChI is InChI=1S/C13H15O9P/c1-19-10(14)6-7(11(15)20-2)9(13(17)22-4)23(5,18)8(6)12(16)21-3/h1-5H3. The van der Waals surface area contributed by atoms with E-state index in [2.05, 4.69) is 18.9 Å². The monoisotopic (exact) mass is 346 g/mol. The SMILES string of the molecule is COC(=O)C1=C(C(=O)OC)P(C)(=O)C(C(=O)OC)=C1C(=O)OC. The predicted octanol–water partition coefficient (Wildman–Crippen LogP) is 0.193. The Bertz CT molecular complexity index is 642. The molecule has 0 radical (unpaired) electrons. The van der Waals surface area contributed by atoms with Crippen LogP contribution in [0.5, 0.6) is 0 Å². The Balaban J connectivity index is 3.92. The van der Waals surface area contributed by atoms with Gasteiger partial charge in [0.1, 0.15) is 10.6 Å². The van der Waals surface area contributed by atoms with E-state index in [-0.39, 0.29) is 0 Å². The molecule has 10 heteroatoms. The summed E-state index contributed by atoms with van der Waals surface area (Å²) in [5.74, 6) is -4.52. The lowest BCUT2D eigenvalue weighted by atomic mass is 10.1. The molecule has 126 valence electrons. The zero-order chi connectivity index (χ0) is 17.9. The average Bonchev–Trinajstić information content (AvgIpc) is 2.79. The van der Waals surface area contributed by atoms with Crippen molar-refractivity contribution in [2.75, 3.05) is 35.1 Å². The van der Waals surface area contributed by atoms with Crippen LogP contribution in [0.2, 0.25) is 0 Å². The third-order valence-corrected chi connectivity index (χ3v) is 5.63. The Labute approximate surface area is 131 Å².